The van der Waals surface area contributed by atoms with Gasteiger partial charge in [0.05, 0.1) is 23.8 Å². The van der Waals surface area contributed by atoms with Gasteiger partial charge in [-0.15, -0.1) is 0 Å². The topological polar surface area (TPSA) is 112 Å². The van der Waals surface area contributed by atoms with Gasteiger partial charge in [-0.25, -0.2) is 9.97 Å². The first-order valence-electron chi connectivity index (χ1n) is 11.5. The maximum atomic E-state index is 13.6. The molecule has 2 aromatic heterocycles. The number of hydrogen-bond donors (Lipinski definition) is 2. The molecule has 2 saturated carbocycles. The van der Waals surface area contributed by atoms with E-state index in [4.69, 9.17) is 10.5 Å². The summed E-state index contributed by atoms with van der Waals surface area (Å²) in [6.07, 6.45) is 1.74. The van der Waals surface area contributed by atoms with Crippen LogP contribution in [0.25, 0.3) is 11.3 Å². The number of pyridine rings is 1. The molecular formula is C25H24F3N5O3. The quantitative estimate of drug-likeness (QED) is 0.539. The highest BCUT2D eigenvalue weighted by atomic mass is 19.4. The highest BCUT2D eigenvalue weighted by molar-refractivity contribution is 5.96. The number of aromatic nitrogens is 3. The molecule has 0 aliphatic heterocycles. The normalized spacial score (nSPS) is 23.0. The van der Waals surface area contributed by atoms with Gasteiger partial charge in [-0.05, 0) is 61.4 Å². The fourth-order valence-electron chi connectivity index (χ4n) is 5.22. The molecule has 0 bridgehead atoms. The number of benzene rings is 1. The Morgan fingerprint density at radius 1 is 1.19 bits per heavy atom. The Kier molecular flexibility index (Phi) is 5.93. The number of primary amides is 1. The second-order valence-corrected chi connectivity index (χ2v) is 9.36. The molecule has 36 heavy (non-hydrogen) atoms. The predicted octanol–water partition coefficient (Wildman–Crippen LogP) is 3.58. The minimum atomic E-state index is -4.60. The van der Waals surface area contributed by atoms with Gasteiger partial charge in [-0.2, -0.15) is 13.2 Å². The summed E-state index contributed by atoms with van der Waals surface area (Å²) in [5, 5.41) is 2.91. The highest BCUT2D eigenvalue weighted by Gasteiger charge is 2.49. The molecule has 0 radical (unpaired) electrons. The monoisotopic (exact) mass is 499 g/mol. The number of alkyl halides is 3. The maximum absolute atomic E-state index is 13.6. The summed E-state index contributed by atoms with van der Waals surface area (Å²) in [4.78, 5) is 32.7. The molecule has 4 atom stereocenters. The molecule has 188 valence electrons. The number of nitrogens with zero attached hydrogens (tertiary/aromatic N) is 3. The number of nitrogens with one attached hydrogen (secondary N) is 1. The number of amides is 2. The van der Waals surface area contributed by atoms with Crippen LogP contribution in [0, 0.1) is 11.8 Å². The SMILES string of the molecule is Cn1cncc1-c1cc(C(=O)N[C@H]2C[C@H]3CC(Oc4ncccc4C(N)=O)C[C@@H]32)cc(C(F)(F)F)c1. The molecule has 3 N–H and O–H groups in total. The first-order chi connectivity index (χ1) is 17.1. The van der Waals surface area contributed by atoms with E-state index >= 15 is 0 Å². The Labute approximate surface area is 204 Å². The summed E-state index contributed by atoms with van der Waals surface area (Å²) in [5.74, 6) is -0.563. The minimum absolute atomic E-state index is 0.0603. The molecule has 1 unspecified atom stereocenters. The van der Waals surface area contributed by atoms with Crippen LogP contribution in [0.15, 0.2) is 49.1 Å². The molecule has 1 aromatic carbocycles. The van der Waals surface area contributed by atoms with Crippen LogP contribution in [0.2, 0.25) is 0 Å². The van der Waals surface area contributed by atoms with E-state index in [-0.39, 0.29) is 40.6 Å². The molecule has 2 fully saturated rings. The van der Waals surface area contributed by atoms with E-state index in [2.05, 4.69) is 15.3 Å². The zero-order chi connectivity index (χ0) is 25.6. The van der Waals surface area contributed by atoms with E-state index in [1.807, 2.05) is 0 Å². The van der Waals surface area contributed by atoms with Crippen LogP contribution in [0.3, 0.4) is 0 Å². The van der Waals surface area contributed by atoms with Crippen LogP contribution < -0.4 is 15.8 Å². The van der Waals surface area contributed by atoms with E-state index in [1.54, 1.807) is 23.7 Å². The fraction of sp³-hybridized carbons (Fsp3) is 0.360. The summed E-state index contributed by atoms with van der Waals surface area (Å²) >= 11 is 0. The minimum Gasteiger partial charge on any atom is -0.474 e. The number of imidazole rings is 1. The van der Waals surface area contributed by atoms with Crippen LogP contribution in [-0.4, -0.2) is 38.5 Å². The third kappa shape index (κ3) is 4.52. The van der Waals surface area contributed by atoms with Crippen molar-refractivity contribution in [2.45, 2.75) is 37.6 Å². The van der Waals surface area contributed by atoms with Crippen LogP contribution in [0.5, 0.6) is 5.88 Å². The lowest BCUT2D eigenvalue weighted by atomic mass is 9.71. The Balaban J connectivity index is 1.29. The lowest BCUT2D eigenvalue weighted by Gasteiger charge is -2.40. The number of nitrogens with two attached hydrogens (primary N) is 1. The molecule has 3 aromatic rings. The molecule has 2 aliphatic rings. The van der Waals surface area contributed by atoms with E-state index in [0.29, 0.717) is 24.5 Å². The number of carbonyl (C=O) groups is 2. The van der Waals surface area contributed by atoms with Crippen molar-refractivity contribution >= 4 is 11.8 Å². The second kappa shape index (κ2) is 8.96. The number of halogens is 3. The molecule has 5 rings (SSSR count). The van der Waals surface area contributed by atoms with Gasteiger partial charge in [-0.1, -0.05) is 0 Å². The second-order valence-electron chi connectivity index (χ2n) is 9.36. The van der Waals surface area contributed by atoms with Crippen LogP contribution >= 0.6 is 0 Å². The van der Waals surface area contributed by atoms with Gasteiger partial charge in [0.15, 0.2) is 0 Å². The van der Waals surface area contributed by atoms with Gasteiger partial charge in [0.25, 0.3) is 11.8 Å². The molecule has 2 heterocycles. The maximum Gasteiger partial charge on any atom is 0.416 e. The van der Waals surface area contributed by atoms with Gasteiger partial charge in [-0.3, -0.25) is 9.59 Å². The molecule has 2 aliphatic carbocycles. The molecule has 8 nitrogen and oxygen atoms in total. The van der Waals surface area contributed by atoms with Crippen molar-refractivity contribution < 1.29 is 27.5 Å². The van der Waals surface area contributed by atoms with Crippen molar-refractivity contribution in [1.82, 2.24) is 19.9 Å². The summed E-state index contributed by atoms with van der Waals surface area (Å²) in [6, 6.07) is 6.31. The number of carbonyl (C=O) groups excluding carboxylic acids is 2. The smallest absolute Gasteiger partial charge is 0.416 e. The zero-order valence-corrected chi connectivity index (χ0v) is 19.3. The third-order valence-corrected chi connectivity index (χ3v) is 7.05. The van der Waals surface area contributed by atoms with E-state index in [1.165, 1.54) is 24.8 Å². The van der Waals surface area contributed by atoms with E-state index in [0.717, 1.165) is 18.6 Å². The lowest BCUT2D eigenvalue weighted by Crippen LogP contribution is -2.50. The number of fused-ring (bicyclic) bond motifs is 1. The standard InChI is InChI=1S/C25H24F3N5O3/c1-33-12-30-11-21(33)14-5-15(7-16(6-14)25(26,27)28)23(35)32-20-9-13-8-17(10-19(13)20)36-24-18(22(29)34)3-2-4-31-24/h2-7,11-13,17,19-20H,8-10H2,1H3,(H2,29,34)(H,32,35)/t13-,17?,19+,20+/m1/s1. The van der Waals surface area contributed by atoms with Crippen molar-refractivity contribution in [2.24, 2.45) is 24.6 Å². The van der Waals surface area contributed by atoms with Crippen molar-refractivity contribution in [3.63, 3.8) is 0 Å². The zero-order valence-electron chi connectivity index (χ0n) is 19.3. The molecule has 0 saturated heterocycles. The number of rotatable bonds is 6. The third-order valence-electron chi connectivity index (χ3n) is 7.05. The Morgan fingerprint density at radius 2 is 2.00 bits per heavy atom. The Bertz CT molecular complexity index is 1320. The van der Waals surface area contributed by atoms with E-state index < -0.39 is 23.6 Å². The summed E-state index contributed by atoms with van der Waals surface area (Å²) in [6.45, 7) is 0. The average molecular weight is 499 g/mol. The number of aryl methyl sites for hydroxylation is 1. The van der Waals surface area contributed by atoms with Crippen molar-refractivity contribution in [3.05, 3.63) is 65.7 Å². The largest absolute Gasteiger partial charge is 0.474 e. The molecule has 0 spiro atoms. The molecule has 11 heteroatoms. The van der Waals surface area contributed by atoms with Crippen molar-refractivity contribution in [1.29, 1.82) is 0 Å². The van der Waals surface area contributed by atoms with Crippen LogP contribution in [0.4, 0.5) is 13.2 Å². The van der Waals surface area contributed by atoms with Gasteiger partial charge in [0.2, 0.25) is 5.88 Å². The van der Waals surface area contributed by atoms with E-state index in [9.17, 15) is 22.8 Å². The van der Waals surface area contributed by atoms with Crippen LogP contribution in [-0.2, 0) is 13.2 Å². The average Bonchev–Trinajstić information content (AvgIpc) is 3.39. The number of hydrogen-bond acceptors (Lipinski definition) is 5. The first-order valence-corrected chi connectivity index (χ1v) is 11.5. The van der Waals surface area contributed by atoms with Gasteiger partial charge in [0.1, 0.15) is 11.7 Å². The molecular weight excluding hydrogens is 475 g/mol. The Morgan fingerprint density at radius 3 is 2.69 bits per heavy atom. The van der Waals surface area contributed by atoms with Crippen LogP contribution in [0.1, 0.15) is 45.5 Å². The predicted molar refractivity (Wildman–Crippen MR) is 123 cm³/mol. The summed E-state index contributed by atoms with van der Waals surface area (Å²) < 4.78 is 48.2. The van der Waals surface area contributed by atoms with Crippen molar-refractivity contribution in [3.8, 4) is 17.1 Å². The van der Waals surface area contributed by atoms with Gasteiger partial charge in [0, 0.05) is 30.4 Å². The fourth-order valence-corrected chi connectivity index (χ4v) is 5.22. The summed E-state index contributed by atoms with van der Waals surface area (Å²) in [7, 11) is 1.67. The Hall–Kier alpha value is -3.89. The van der Waals surface area contributed by atoms with Crippen molar-refractivity contribution in [2.75, 3.05) is 0 Å². The first kappa shape index (κ1) is 23.8. The van der Waals surface area contributed by atoms with Gasteiger partial charge >= 0.3 is 6.18 Å². The lowest BCUT2D eigenvalue weighted by molar-refractivity contribution is -0.137. The molecule has 2 amide bonds. The number of ether oxygens (including phenoxy) is 1. The van der Waals surface area contributed by atoms with Gasteiger partial charge < -0.3 is 20.4 Å². The summed E-state index contributed by atoms with van der Waals surface area (Å²) in [5.41, 5.74) is 5.37. The highest BCUT2D eigenvalue weighted by Crippen LogP contribution is 2.48.